The van der Waals surface area contributed by atoms with E-state index in [4.69, 9.17) is 22.1 Å². The van der Waals surface area contributed by atoms with Crippen molar-refractivity contribution < 1.29 is 9.13 Å². The molecule has 0 aromatic heterocycles. The molecule has 2 N–H and O–H groups in total. The topological polar surface area (TPSA) is 35.2 Å². The van der Waals surface area contributed by atoms with Gasteiger partial charge in [0.2, 0.25) is 0 Å². The smallest absolute Gasteiger partial charge is 0.137 e. The molecule has 0 radical (unpaired) electrons. The van der Waals surface area contributed by atoms with Gasteiger partial charge < -0.3 is 10.5 Å². The normalized spacial score (nSPS) is 10.4. The van der Waals surface area contributed by atoms with Gasteiger partial charge in [0, 0.05) is 16.3 Å². The van der Waals surface area contributed by atoms with Crippen LogP contribution in [0.15, 0.2) is 40.9 Å². The number of hydrogen-bond donors (Lipinski definition) is 1. The van der Waals surface area contributed by atoms with Gasteiger partial charge in [0.1, 0.15) is 18.2 Å². The van der Waals surface area contributed by atoms with Crippen LogP contribution >= 0.6 is 27.5 Å². The lowest BCUT2D eigenvalue weighted by Gasteiger charge is -2.09. The Hall–Kier alpha value is -1.26. The van der Waals surface area contributed by atoms with Gasteiger partial charge in [0.05, 0.1) is 4.47 Å². The van der Waals surface area contributed by atoms with Gasteiger partial charge in [0.15, 0.2) is 0 Å². The number of anilines is 1. The molecule has 0 saturated carbocycles. The van der Waals surface area contributed by atoms with E-state index in [2.05, 4.69) is 15.9 Å². The molecule has 0 aliphatic carbocycles. The first kappa shape index (κ1) is 13.2. The Morgan fingerprint density at radius 1 is 1.22 bits per heavy atom. The zero-order valence-electron chi connectivity index (χ0n) is 9.29. The first-order chi connectivity index (χ1) is 8.56. The molecule has 0 unspecified atom stereocenters. The first-order valence-corrected chi connectivity index (χ1v) is 6.35. The molecule has 94 valence electrons. The fourth-order valence-corrected chi connectivity index (χ4v) is 1.96. The maximum Gasteiger partial charge on any atom is 0.137 e. The number of nitrogen functional groups attached to an aromatic ring is 1. The SMILES string of the molecule is Nc1ccc(Cl)c(COc2ccc(F)c(Br)c2)c1. The van der Waals surface area contributed by atoms with Gasteiger partial charge in [-0.25, -0.2) is 4.39 Å². The number of rotatable bonds is 3. The zero-order chi connectivity index (χ0) is 13.1. The Labute approximate surface area is 118 Å². The largest absolute Gasteiger partial charge is 0.489 e. The standard InChI is InChI=1S/C13H10BrClFNO/c14-11-6-10(2-4-13(11)16)18-7-8-5-9(17)1-3-12(8)15/h1-6H,7,17H2. The van der Waals surface area contributed by atoms with Crippen molar-refractivity contribution >= 4 is 33.2 Å². The van der Waals surface area contributed by atoms with Crippen LogP contribution in [0.3, 0.4) is 0 Å². The van der Waals surface area contributed by atoms with Crippen molar-refractivity contribution in [2.24, 2.45) is 0 Å². The van der Waals surface area contributed by atoms with Crippen LogP contribution in [0.25, 0.3) is 0 Å². The number of ether oxygens (including phenoxy) is 1. The number of halogens is 3. The molecular formula is C13H10BrClFNO. The highest BCUT2D eigenvalue weighted by Gasteiger charge is 2.04. The molecule has 18 heavy (non-hydrogen) atoms. The lowest BCUT2D eigenvalue weighted by Crippen LogP contribution is -1.98. The van der Waals surface area contributed by atoms with Crippen molar-refractivity contribution in [1.29, 1.82) is 0 Å². The summed E-state index contributed by atoms with van der Waals surface area (Å²) >= 11 is 9.11. The third-order valence-electron chi connectivity index (χ3n) is 2.36. The monoisotopic (exact) mass is 329 g/mol. The molecule has 0 fully saturated rings. The van der Waals surface area contributed by atoms with Crippen molar-refractivity contribution in [2.75, 3.05) is 5.73 Å². The highest BCUT2D eigenvalue weighted by Crippen LogP contribution is 2.24. The number of benzene rings is 2. The van der Waals surface area contributed by atoms with Gasteiger partial charge in [-0.3, -0.25) is 0 Å². The Morgan fingerprint density at radius 2 is 2.00 bits per heavy atom. The van der Waals surface area contributed by atoms with Gasteiger partial charge in [0.25, 0.3) is 0 Å². The Bertz CT molecular complexity index is 577. The predicted octanol–water partition coefficient (Wildman–Crippen LogP) is 4.40. The molecule has 0 spiro atoms. The molecule has 2 aromatic carbocycles. The fourth-order valence-electron chi connectivity index (χ4n) is 1.43. The van der Waals surface area contributed by atoms with Gasteiger partial charge >= 0.3 is 0 Å². The molecular weight excluding hydrogens is 321 g/mol. The second-order valence-electron chi connectivity index (χ2n) is 3.72. The summed E-state index contributed by atoms with van der Waals surface area (Å²) in [4.78, 5) is 0. The van der Waals surface area contributed by atoms with E-state index < -0.39 is 0 Å². The fraction of sp³-hybridized carbons (Fsp3) is 0.0769. The quantitative estimate of drug-likeness (QED) is 0.846. The lowest BCUT2D eigenvalue weighted by molar-refractivity contribution is 0.305. The summed E-state index contributed by atoms with van der Waals surface area (Å²) in [5.41, 5.74) is 7.08. The molecule has 0 atom stereocenters. The van der Waals surface area contributed by atoms with E-state index >= 15 is 0 Å². The summed E-state index contributed by atoms with van der Waals surface area (Å²) in [6.07, 6.45) is 0. The molecule has 0 saturated heterocycles. The minimum absolute atomic E-state index is 0.280. The van der Waals surface area contributed by atoms with Gasteiger partial charge in [-0.1, -0.05) is 11.6 Å². The second kappa shape index (κ2) is 5.59. The zero-order valence-corrected chi connectivity index (χ0v) is 11.6. The molecule has 0 aliphatic rings. The molecule has 2 nitrogen and oxygen atoms in total. The Kier molecular flexibility index (Phi) is 4.09. The summed E-state index contributed by atoms with van der Waals surface area (Å²) in [5.74, 6) is 0.228. The average Bonchev–Trinajstić information content (AvgIpc) is 2.34. The second-order valence-corrected chi connectivity index (χ2v) is 4.98. The third kappa shape index (κ3) is 3.15. The minimum atomic E-state index is -0.329. The third-order valence-corrected chi connectivity index (χ3v) is 3.33. The lowest BCUT2D eigenvalue weighted by atomic mass is 10.2. The summed E-state index contributed by atoms with van der Waals surface area (Å²) in [6.45, 7) is 0.280. The van der Waals surface area contributed by atoms with Crippen molar-refractivity contribution in [1.82, 2.24) is 0 Å². The van der Waals surface area contributed by atoms with Crippen LogP contribution in [0.5, 0.6) is 5.75 Å². The van der Waals surface area contributed by atoms with E-state index in [1.807, 2.05) is 0 Å². The maximum atomic E-state index is 13.0. The van der Waals surface area contributed by atoms with Crippen LogP contribution in [0, 0.1) is 5.82 Å². The number of hydrogen-bond acceptors (Lipinski definition) is 2. The minimum Gasteiger partial charge on any atom is -0.489 e. The van der Waals surface area contributed by atoms with Gasteiger partial charge in [-0.05, 0) is 52.3 Å². The van der Waals surface area contributed by atoms with Gasteiger partial charge in [-0.15, -0.1) is 0 Å². The molecule has 0 bridgehead atoms. The first-order valence-electron chi connectivity index (χ1n) is 5.18. The molecule has 0 amide bonds. The van der Waals surface area contributed by atoms with Crippen LogP contribution in [-0.4, -0.2) is 0 Å². The molecule has 5 heteroatoms. The Balaban J connectivity index is 2.11. The van der Waals surface area contributed by atoms with E-state index in [1.54, 1.807) is 30.3 Å². The summed E-state index contributed by atoms with van der Waals surface area (Å²) in [6, 6.07) is 9.65. The van der Waals surface area contributed by atoms with Crippen molar-refractivity contribution in [3.05, 3.63) is 57.3 Å². The van der Waals surface area contributed by atoms with E-state index in [9.17, 15) is 4.39 Å². The molecule has 0 heterocycles. The van der Waals surface area contributed by atoms with Crippen molar-refractivity contribution in [3.63, 3.8) is 0 Å². The van der Waals surface area contributed by atoms with Crippen LogP contribution in [0.2, 0.25) is 5.02 Å². The van der Waals surface area contributed by atoms with Crippen molar-refractivity contribution in [3.8, 4) is 5.75 Å². The molecule has 2 aromatic rings. The van der Waals surface area contributed by atoms with E-state index in [0.29, 0.717) is 20.9 Å². The van der Waals surface area contributed by atoms with Gasteiger partial charge in [-0.2, -0.15) is 0 Å². The van der Waals surface area contributed by atoms with Crippen LogP contribution in [-0.2, 0) is 6.61 Å². The van der Waals surface area contributed by atoms with E-state index in [1.165, 1.54) is 6.07 Å². The van der Waals surface area contributed by atoms with E-state index in [-0.39, 0.29) is 12.4 Å². The summed E-state index contributed by atoms with van der Waals surface area (Å²) in [7, 11) is 0. The van der Waals surface area contributed by atoms with Crippen LogP contribution in [0.1, 0.15) is 5.56 Å². The summed E-state index contributed by atoms with van der Waals surface area (Å²) in [5, 5.41) is 0.588. The highest BCUT2D eigenvalue weighted by molar-refractivity contribution is 9.10. The molecule has 2 rings (SSSR count). The van der Waals surface area contributed by atoms with Crippen LogP contribution < -0.4 is 10.5 Å². The van der Waals surface area contributed by atoms with Crippen molar-refractivity contribution in [2.45, 2.75) is 6.61 Å². The summed E-state index contributed by atoms with van der Waals surface area (Å²) < 4.78 is 18.9. The maximum absolute atomic E-state index is 13.0. The predicted molar refractivity (Wildman–Crippen MR) is 74.3 cm³/mol. The highest BCUT2D eigenvalue weighted by atomic mass is 79.9. The average molecular weight is 331 g/mol. The van der Waals surface area contributed by atoms with Crippen LogP contribution in [0.4, 0.5) is 10.1 Å². The van der Waals surface area contributed by atoms with E-state index in [0.717, 1.165) is 5.56 Å². The Morgan fingerprint density at radius 3 is 2.72 bits per heavy atom. The number of nitrogens with two attached hydrogens (primary N) is 1. The molecule has 0 aliphatic heterocycles.